The van der Waals surface area contributed by atoms with E-state index in [1.807, 2.05) is 30.3 Å². The van der Waals surface area contributed by atoms with Crippen molar-refractivity contribution in [3.05, 3.63) is 64.2 Å². The number of rotatable bonds is 11. The van der Waals surface area contributed by atoms with E-state index in [-0.39, 0.29) is 6.61 Å². The van der Waals surface area contributed by atoms with Gasteiger partial charge in [-0.05, 0) is 55.8 Å². The highest BCUT2D eigenvalue weighted by Gasteiger charge is 2.06. The molecule has 0 bridgehead atoms. The fraction of sp³-hybridized carbons (Fsp3) is 0.400. The van der Waals surface area contributed by atoms with Gasteiger partial charge in [-0.1, -0.05) is 35.9 Å². The number of nitrogens with one attached hydrogen (secondary N) is 2. The van der Waals surface area contributed by atoms with Crippen molar-refractivity contribution >= 4 is 11.6 Å². The van der Waals surface area contributed by atoms with Gasteiger partial charge in [0.15, 0.2) is 0 Å². The molecule has 5 heteroatoms. The molecule has 0 spiro atoms. The van der Waals surface area contributed by atoms with Gasteiger partial charge in [0.1, 0.15) is 12.4 Å². The molecule has 2 aromatic rings. The Hall–Kier alpha value is -1.59. The van der Waals surface area contributed by atoms with E-state index in [2.05, 4.69) is 29.7 Å². The standard InChI is InChI=1S/C20H27ClN2O2/c1-16-5-2-3-6-17(16)15-25-20-8-7-19(21)13-18(20)14-23-10-4-9-22-11-12-24/h2-3,5-8,13,22-24H,4,9-12,14-15H2,1H3. The monoisotopic (exact) mass is 362 g/mol. The van der Waals surface area contributed by atoms with Gasteiger partial charge in [-0.2, -0.15) is 0 Å². The third-order valence-corrected chi connectivity index (χ3v) is 4.21. The lowest BCUT2D eigenvalue weighted by molar-refractivity contribution is 0.292. The molecule has 0 aliphatic rings. The highest BCUT2D eigenvalue weighted by Crippen LogP contribution is 2.24. The molecule has 0 saturated heterocycles. The molecule has 0 amide bonds. The molecule has 0 heterocycles. The van der Waals surface area contributed by atoms with Crippen LogP contribution in [0, 0.1) is 6.92 Å². The van der Waals surface area contributed by atoms with Crippen molar-refractivity contribution in [1.29, 1.82) is 0 Å². The number of halogens is 1. The van der Waals surface area contributed by atoms with E-state index in [1.54, 1.807) is 0 Å². The Bertz CT molecular complexity index is 649. The van der Waals surface area contributed by atoms with E-state index in [9.17, 15) is 0 Å². The number of ether oxygens (including phenoxy) is 1. The first-order valence-electron chi connectivity index (χ1n) is 8.68. The molecular formula is C20H27ClN2O2. The van der Waals surface area contributed by atoms with Gasteiger partial charge in [0.2, 0.25) is 0 Å². The van der Waals surface area contributed by atoms with Gasteiger partial charge in [-0.15, -0.1) is 0 Å². The van der Waals surface area contributed by atoms with E-state index < -0.39 is 0 Å². The summed E-state index contributed by atoms with van der Waals surface area (Å²) < 4.78 is 6.03. The Morgan fingerprint density at radius 1 is 1.00 bits per heavy atom. The predicted molar refractivity (Wildman–Crippen MR) is 103 cm³/mol. The average Bonchev–Trinajstić information content (AvgIpc) is 2.61. The van der Waals surface area contributed by atoms with Crippen LogP contribution < -0.4 is 15.4 Å². The minimum absolute atomic E-state index is 0.178. The Morgan fingerprint density at radius 2 is 1.80 bits per heavy atom. The van der Waals surface area contributed by atoms with Crippen molar-refractivity contribution < 1.29 is 9.84 Å². The Kier molecular flexibility index (Phi) is 8.77. The van der Waals surface area contributed by atoms with Gasteiger partial charge in [-0.3, -0.25) is 0 Å². The molecule has 3 N–H and O–H groups in total. The highest BCUT2D eigenvalue weighted by molar-refractivity contribution is 6.30. The van der Waals surface area contributed by atoms with Crippen LogP contribution in [0.15, 0.2) is 42.5 Å². The first-order valence-corrected chi connectivity index (χ1v) is 9.06. The maximum absolute atomic E-state index is 8.72. The molecule has 0 unspecified atom stereocenters. The van der Waals surface area contributed by atoms with Crippen LogP contribution in [0.4, 0.5) is 0 Å². The number of benzene rings is 2. The Morgan fingerprint density at radius 3 is 2.60 bits per heavy atom. The predicted octanol–water partition coefficient (Wildman–Crippen LogP) is 3.29. The van der Waals surface area contributed by atoms with Crippen molar-refractivity contribution in [2.45, 2.75) is 26.5 Å². The van der Waals surface area contributed by atoms with Gasteiger partial charge in [0.05, 0.1) is 6.61 Å². The maximum atomic E-state index is 8.72. The lowest BCUT2D eigenvalue weighted by Crippen LogP contribution is -2.24. The van der Waals surface area contributed by atoms with Crippen LogP contribution >= 0.6 is 11.6 Å². The number of aliphatic hydroxyl groups is 1. The van der Waals surface area contributed by atoms with Crippen LogP contribution in [-0.4, -0.2) is 31.3 Å². The zero-order valence-electron chi connectivity index (χ0n) is 14.7. The summed E-state index contributed by atoms with van der Waals surface area (Å²) in [6.07, 6.45) is 1.000. The van der Waals surface area contributed by atoms with Gasteiger partial charge >= 0.3 is 0 Å². The molecule has 0 radical (unpaired) electrons. The minimum atomic E-state index is 0.178. The first-order chi connectivity index (χ1) is 12.2. The fourth-order valence-electron chi connectivity index (χ4n) is 2.52. The van der Waals surface area contributed by atoms with E-state index in [0.717, 1.165) is 30.8 Å². The molecule has 2 rings (SSSR count). The van der Waals surface area contributed by atoms with Crippen LogP contribution in [0.25, 0.3) is 0 Å². The van der Waals surface area contributed by atoms with E-state index in [1.165, 1.54) is 11.1 Å². The summed E-state index contributed by atoms with van der Waals surface area (Å²) in [7, 11) is 0. The van der Waals surface area contributed by atoms with Crippen molar-refractivity contribution in [3.8, 4) is 5.75 Å². The third-order valence-electron chi connectivity index (χ3n) is 3.98. The quantitative estimate of drug-likeness (QED) is 0.537. The normalized spacial score (nSPS) is 10.8. The number of aryl methyl sites for hydroxylation is 1. The van der Waals surface area contributed by atoms with Gasteiger partial charge in [-0.25, -0.2) is 0 Å². The van der Waals surface area contributed by atoms with Gasteiger partial charge in [0.25, 0.3) is 0 Å². The molecule has 0 saturated carbocycles. The fourth-order valence-corrected chi connectivity index (χ4v) is 2.71. The molecule has 25 heavy (non-hydrogen) atoms. The molecule has 0 fully saturated rings. The van der Waals surface area contributed by atoms with E-state index in [4.69, 9.17) is 21.4 Å². The largest absolute Gasteiger partial charge is 0.489 e. The molecule has 0 aliphatic carbocycles. The number of aliphatic hydroxyl groups excluding tert-OH is 1. The second-order valence-corrected chi connectivity index (χ2v) is 6.41. The first kappa shape index (κ1) is 19.7. The van der Waals surface area contributed by atoms with E-state index in [0.29, 0.717) is 24.7 Å². The molecule has 2 aromatic carbocycles. The van der Waals surface area contributed by atoms with Crippen molar-refractivity contribution in [3.63, 3.8) is 0 Å². The summed E-state index contributed by atoms with van der Waals surface area (Å²) in [4.78, 5) is 0. The van der Waals surface area contributed by atoms with Crippen molar-refractivity contribution in [2.24, 2.45) is 0 Å². The third kappa shape index (κ3) is 7.04. The summed E-state index contributed by atoms with van der Waals surface area (Å²) in [6.45, 7) is 5.95. The van der Waals surface area contributed by atoms with Crippen molar-refractivity contribution in [1.82, 2.24) is 10.6 Å². The zero-order chi connectivity index (χ0) is 17.9. The summed E-state index contributed by atoms with van der Waals surface area (Å²) in [6, 6.07) is 14.0. The summed E-state index contributed by atoms with van der Waals surface area (Å²) in [5.74, 6) is 0.860. The molecule has 0 aromatic heterocycles. The maximum Gasteiger partial charge on any atom is 0.124 e. The van der Waals surface area contributed by atoms with Crippen LogP contribution in [-0.2, 0) is 13.2 Å². The second-order valence-electron chi connectivity index (χ2n) is 5.97. The van der Waals surface area contributed by atoms with Gasteiger partial charge < -0.3 is 20.5 Å². The van der Waals surface area contributed by atoms with Crippen LogP contribution in [0.5, 0.6) is 5.75 Å². The molecule has 0 atom stereocenters. The molecular weight excluding hydrogens is 336 g/mol. The minimum Gasteiger partial charge on any atom is -0.489 e. The smallest absolute Gasteiger partial charge is 0.124 e. The van der Waals surface area contributed by atoms with Gasteiger partial charge in [0, 0.05) is 23.7 Å². The molecule has 136 valence electrons. The SMILES string of the molecule is Cc1ccccc1COc1ccc(Cl)cc1CNCCCNCCO. The average molecular weight is 363 g/mol. The summed E-state index contributed by atoms with van der Waals surface area (Å²) in [5, 5.41) is 16.0. The van der Waals surface area contributed by atoms with Crippen LogP contribution in [0.1, 0.15) is 23.1 Å². The lowest BCUT2D eigenvalue weighted by Gasteiger charge is -2.14. The Balaban J connectivity index is 1.85. The zero-order valence-corrected chi connectivity index (χ0v) is 15.5. The Labute approximate surface area is 155 Å². The van der Waals surface area contributed by atoms with E-state index >= 15 is 0 Å². The second kappa shape index (κ2) is 11.1. The number of hydrogen-bond acceptors (Lipinski definition) is 4. The van der Waals surface area contributed by atoms with Crippen LogP contribution in [0.3, 0.4) is 0 Å². The highest BCUT2D eigenvalue weighted by atomic mass is 35.5. The van der Waals surface area contributed by atoms with Crippen molar-refractivity contribution in [2.75, 3.05) is 26.2 Å². The number of hydrogen-bond donors (Lipinski definition) is 3. The lowest BCUT2D eigenvalue weighted by atomic mass is 10.1. The van der Waals surface area contributed by atoms with Crippen LogP contribution in [0.2, 0.25) is 5.02 Å². The topological polar surface area (TPSA) is 53.5 Å². The molecule has 4 nitrogen and oxygen atoms in total. The molecule has 0 aliphatic heterocycles. The summed E-state index contributed by atoms with van der Waals surface area (Å²) in [5.41, 5.74) is 3.47. The summed E-state index contributed by atoms with van der Waals surface area (Å²) >= 11 is 6.14.